The maximum Gasteiger partial charge on any atom is 0.387 e. The summed E-state index contributed by atoms with van der Waals surface area (Å²) in [5.74, 6) is -1.39. The van der Waals surface area contributed by atoms with Crippen LogP contribution in [-0.4, -0.2) is 31.9 Å². The molecule has 2 unspecified atom stereocenters. The molecule has 0 aromatic heterocycles. The summed E-state index contributed by atoms with van der Waals surface area (Å²) in [5, 5.41) is 0. The molecule has 0 saturated carbocycles. The van der Waals surface area contributed by atoms with E-state index in [0.29, 0.717) is 18.8 Å². The zero-order valence-corrected chi connectivity index (χ0v) is 12.0. The predicted octanol–water partition coefficient (Wildman–Crippen LogP) is 3.01. The van der Waals surface area contributed by atoms with Gasteiger partial charge >= 0.3 is 6.61 Å². The number of benzene rings is 1. The number of anilines is 2. The summed E-state index contributed by atoms with van der Waals surface area (Å²) in [7, 11) is 0. The Hall–Kier alpha value is -1.63. The van der Waals surface area contributed by atoms with E-state index in [1.165, 1.54) is 6.07 Å². The first-order valence-corrected chi connectivity index (χ1v) is 6.84. The molecule has 1 fully saturated rings. The lowest BCUT2D eigenvalue weighted by Gasteiger charge is -2.40. The van der Waals surface area contributed by atoms with Crippen LogP contribution in [0.3, 0.4) is 0 Å². The fourth-order valence-electron chi connectivity index (χ4n) is 2.47. The number of rotatable bonds is 4. The lowest BCUT2D eigenvalue weighted by atomic mass is 10.1. The first-order chi connectivity index (χ1) is 9.92. The maximum absolute atomic E-state index is 13.6. The second-order valence-electron chi connectivity index (χ2n) is 5.08. The maximum atomic E-state index is 13.6. The molecule has 1 aliphatic heterocycles. The topological polar surface area (TPSA) is 47.7 Å². The summed E-state index contributed by atoms with van der Waals surface area (Å²) in [6, 6.07) is 2.31. The fourth-order valence-corrected chi connectivity index (χ4v) is 2.47. The summed E-state index contributed by atoms with van der Waals surface area (Å²) in [6.07, 6.45) is 0.783. The molecule has 4 nitrogen and oxygen atoms in total. The van der Waals surface area contributed by atoms with E-state index in [2.05, 4.69) is 4.74 Å². The van der Waals surface area contributed by atoms with Crippen LogP contribution in [0.1, 0.15) is 20.3 Å². The molecule has 1 aromatic rings. The summed E-state index contributed by atoms with van der Waals surface area (Å²) < 4.78 is 48.1. The van der Waals surface area contributed by atoms with Gasteiger partial charge in [0.15, 0.2) is 11.6 Å². The molecular weight excluding hydrogens is 285 g/mol. The molecule has 0 spiro atoms. The molecule has 1 aromatic carbocycles. The van der Waals surface area contributed by atoms with E-state index >= 15 is 0 Å². The number of nitrogens with zero attached hydrogens (tertiary/aromatic N) is 1. The SMILES string of the molecule is CCC1COC(C)CN1c1cc(OC(F)F)c(F)cc1N. The number of morpholine rings is 1. The highest BCUT2D eigenvalue weighted by Crippen LogP contribution is 2.34. The Kier molecular flexibility index (Phi) is 4.82. The minimum Gasteiger partial charge on any atom is -0.432 e. The molecule has 7 heteroatoms. The van der Waals surface area contributed by atoms with Crippen molar-refractivity contribution in [1.82, 2.24) is 0 Å². The third kappa shape index (κ3) is 3.53. The molecule has 0 radical (unpaired) electrons. The lowest BCUT2D eigenvalue weighted by molar-refractivity contribution is -0.0521. The van der Waals surface area contributed by atoms with Gasteiger partial charge in [-0.25, -0.2) is 4.39 Å². The first-order valence-electron chi connectivity index (χ1n) is 6.84. The van der Waals surface area contributed by atoms with Gasteiger partial charge in [-0.15, -0.1) is 0 Å². The molecule has 21 heavy (non-hydrogen) atoms. The van der Waals surface area contributed by atoms with Crippen LogP contribution in [0, 0.1) is 5.82 Å². The smallest absolute Gasteiger partial charge is 0.387 e. The second-order valence-corrected chi connectivity index (χ2v) is 5.08. The van der Waals surface area contributed by atoms with E-state index in [0.717, 1.165) is 12.5 Å². The molecule has 2 rings (SSSR count). The molecule has 0 bridgehead atoms. The van der Waals surface area contributed by atoms with Crippen LogP contribution in [0.15, 0.2) is 12.1 Å². The predicted molar refractivity (Wildman–Crippen MR) is 74.3 cm³/mol. The van der Waals surface area contributed by atoms with Crippen LogP contribution in [0.2, 0.25) is 0 Å². The minimum absolute atomic E-state index is 0.0169. The summed E-state index contributed by atoms with van der Waals surface area (Å²) in [5.41, 5.74) is 6.54. The average molecular weight is 304 g/mol. The zero-order chi connectivity index (χ0) is 15.6. The van der Waals surface area contributed by atoms with Gasteiger partial charge in [-0.05, 0) is 13.3 Å². The molecule has 1 saturated heterocycles. The van der Waals surface area contributed by atoms with Crippen molar-refractivity contribution in [3.63, 3.8) is 0 Å². The third-order valence-corrected chi connectivity index (χ3v) is 3.55. The monoisotopic (exact) mass is 304 g/mol. The van der Waals surface area contributed by atoms with E-state index in [9.17, 15) is 13.2 Å². The van der Waals surface area contributed by atoms with Gasteiger partial charge in [-0.1, -0.05) is 6.92 Å². The normalized spacial score (nSPS) is 22.7. The summed E-state index contributed by atoms with van der Waals surface area (Å²) in [4.78, 5) is 1.96. The number of nitrogens with two attached hydrogens (primary N) is 1. The Labute approximate surface area is 121 Å². The van der Waals surface area contributed by atoms with Crippen molar-refractivity contribution in [2.45, 2.75) is 39.0 Å². The first kappa shape index (κ1) is 15.8. The van der Waals surface area contributed by atoms with E-state index in [1.807, 2.05) is 18.7 Å². The Morgan fingerprint density at radius 3 is 2.81 bits per heavy atom. The van der Waals surface area contributed by atoms with Crippen molar-refractivity contribution < 1.29 is 22.6 Å². The number of alkyl halides is 2. The summed E-state index contributed by atoms with van der Waals surface area (Å²) in [6.45, 7) is 1.89. The highest BCUT2D eigenvalue weighted by Gasteiger charge is 2.28. The van der Waals surface area contributed by atoms with Gasteiger partial charge in [0.25, 0.3) is 0 Å². The Morgan fingerprint density at radius 1 is 1.48 bits per heavy atom. The highest BCUT2D eigenvalue weighted by atomic mass is 19.3. The number of ether oxygens (including phenoxy) is 2. The number of hydrogen-bond acceptors (Lipinski definition) is 4. The molecular formula is C14H19F3N2O2. The highest BCUT2D eigenvalue weighted by molar-refractivity contribution is 5.70. The third-order valence-electron chi connectivity index (χ3n) is 3.55. The molecule has 0 aliphatic carbocycles. The quantitative estimate of drug-likeness (QED) is 0.869. The largest absolute Gasteiger partial charge is 0.432 e. The molecule has 2 atom stereocenters. The van der Waals surface area contributed by atoms with Crippen LogP contribution in [0.5, 0.6) is 5.75 Å². The van der Waals surface area contributed by atoms with Crippen molar-refractivity contribution in [2.75, 3.05) is 23.8 Å². The lowest BCUT2D eigenvalue weighted by Crippen LogP contribution is -2.49. The van der Waals surface area contributed by atoms with Crippen LogP contribution in [-0.2, 0) is 4.74 Å². The van der Waals surface area contributed by atoms with Crippen LogP contribution in [0.4, 0.5) is 24.5 Å². The van der Waals surface area contributed by atoms with Crippen LogP contribution < -0.4 is 15.4 Å². The molecule has 0 amide bonds. The van der Waals surface area contributed by atoms with Crippen molar-refractivity contribution in [1.29, 1.82) is 0 Å². The molecule has 118 valence electrons. The second kappa shape index (κ2) is 6.43. The number of nitrogen functional groups attached to an aromatic ring is 1. The van der Waals surface area contributed by atoms with E-state index in [4.69, 9.17) is 10.5 Å². The van der Waals surface area contributed by atoms with E-state index in [-0.39, 0.29) is 17.8 Å². The Bertz CT molecular complexity index is 499. The van der Waals surface area contributed by atoms with Crippen LogP contribution >= 0.6 is 0 Å². The molecule has 2 N–H and O–H groups in total. The van der Waals surface area contributed by atoms with Gasteiger partial charge < -0.3 is 20.1 Å². The van der Waals surface area contributed by atoms with Crippen molar-refractivity contribution in [3.8, 4) is 5.75 Å². The zero-order valence-electron chi connectivity index (χ0n) is 12.0. The van der Waals surface area contributed by atoms with Crippen molar-refractivity contribution in [3.05, 3.63) is 17.9 Å². The van der Waals surface area contributed by atoms with Crippen molar-refractivity contribution >= 4 is 11.4 Å². The minimum atomic E-state index is -3.08. The summed E-state index contributed by atoms with van der Waals surface area (Å²) >= 11 is 0. The van der Waals surface area contributed by atoms with Gasteiger partial charge in [-0.3, -0.25) is 0 Å². The van der Waals surface area contributed by atoms with E-state index < -0.39 is 18.2 Å². The average Bonchev–Trinajstić information content (AvgIpc) is 2.41. The van der Waals surface area contributed by atoms with Gasteiger partial charge in [0, 0.05) is 18.7 Å². The van der Waals surface area contributed by atoms with Crippen molar-refractivity contribution in [2.24, 2.45) is 0 Å². The fraction of sp³-hybridized carbons (Fsp3) is 0.571. The standard InChI is InChI=1S/C14H19F3N2O2/c1-3-9-7-20-8(2)6-19(9)12-5-13(21-14(16)17)10(15)4-11(12)18/h4-5,8-9,14H,3,6-7,18H2,1-2H3. The molecule has 1 aliphatic rings. The van der Waals surface area contributed by atoms with Gasteiger partial charge in [-0.2, -0.15) is 8.78 Å². The molecule has 1 heterocycles. The van der Waals surface area contributed by atoms with Gasteiger partial charge in [0.2, 0.25) is 0 Å². The van der Waals surface area contributed by atoms with Crippen LogP contribution in [0.25, 0.3) is 0 Å². The van der Waals surface area contributed by atoms with Gasteiger partial charge in [0.1, 0.15) is 0 Å². The van der Waals surface area contributed by atoms with E-state index in [1.54, 1.807) is 0 Å². The van der Waals surface area contributed by atoms with Gasteiger partial charge in [0.05, 0.1) is 30.1 Å². The number of hydrogen-bond donors (Lipinski definition) is 1. The Morgan fingerprint density at radius 2 is 2.19 bits per heavy atom. The number of halogens is 3. The Balaban J connectivity index is 2.36.